The highest BCUT2D eigenvalue weighted by atomic mass is 35.5. The lowest BCUT2D eigenvalue weighted by atomic mass is 10.2. The van der Waals surface area contributed by atoms with Crippen molar-refractivity contribution in [3.05, 3.63) is 40.5 Å². The highest BCUT2D eigenvalue weighted by molar-refractivity contribution is 6.33. The molecule has 2 rings (SSSR count). The average Bonchev–Trinajstić information content (AvgIpc) is 2.43. The van der Waals surface area contributed by atoms with Crippen LogP contribution in [0.5, 0.6) is 0 Å². The lowest BCUT2D eigenvalue weighted by Gasteiger charge is -2.20. The van der Waals surface area contributed by atoms with Gasteiger partial charge in [-0.05, 0) is 50.6 Å². The van der Waals surface area contributed by atoms with Crippen molar-refractivity contribution in [3.63, 3.8) is 0 Å². The summed E-state index contributed by atoms with van der Waals surface area (Å²) in [6, 6.07) is 3.79. The molecule has 0 saturated heterocycles. The van der Waals surface area contributed by atoms with Crippen molar-refractivity contribution in [2.24, 2.45) is 0 Å². The van der Waals surface area contributed by atoms with E-state index in [1.54, 1.807) is 20.8 Å². The number of rotatable bonds is 3. The van der Waals surface area contributed by atoms with Gasteiger partial charge in [0.05, 0.1) is 17.6 Å². The first kappa shape index (κ1) is 18.2. The van der Waals surface area contributed by atoms with Crippen molar-refractivity contribution in [1.82, 2.24) is 9.97 Å². The maximum atomic E-state index is 13.5. The van der Waals surface area contributed by atoms with Gasteiger partial charge in [0.15, 0.2) is 5.82 Å². The summed E-state index contributed by atoms with van der Waals surface area (Å²) in [7, 11) is 0. The van der Waals surface area contributed by atoms with Gasteiger partial charge in [-0.3, -0.25) is 5.32 Å². The molecule has 9 heteroatoms. The number of amides is 1. The summed E-state index contributed by atoms with van der Waals surface area (Å²) in [5.74, 6) is -0.311. The van der Waals surface area contributed by atoms with Crippen LogP contribution in [-0.2, 0) is 4.74 Å². The molecule has 1 aromatic heterocycles. The zero-order chi connectivity index (χ0) is 17.9. The van der Waals surface area contributed by atoms with Crippen LogP contribution in [0.15, 0.2) is 24.4 Å². The second kappa shape index (κ2) is 7.19. The number of anilines is 3. The number of carbonyl (C=O) groups is 1. The van der Waals surface area contributed by atoms with Crippen molar-refractivity contribution in [2.75, 3.05) is 10.6 Å². The molecule has 128 valence electrons. The molecule has 6 nitrogen and oxygen atoms in total. The van der Waals surface area contributed by atoms with E-state index in [2.05, 4.69) is 20.6 Å². The Kier molecular flexibility index (Phi) is 5.46. The molecule has 2 aromatic rings. The molecular formula is C15H15Cl2FN4O2. The number of ether oxygens (including phenoxy) is 1. The largest absolute Gasteiger partial charge is 0.444 e. The van der Waals surface area contributed by atoms with E-state index < -0.39 is 17.5 Å². The summed E-state index contributed by atoms with van der Waals surface area (Å²) in [6.45, 7) is 5.17. The lowest BCUT2D eigenvalue weighted by molar-refractivity contribution is 0.0636. The summed E-state index contributed by atoms with van der Waals surface area (Å²) in [4.78, 5) is 19.6. The third kappa shape index (κ3) is 5.21. The second-order valence-electron chi connectivity index (χ2n) is 5.78. The Balaban J connectivity index is 2.27. The van der Waals surface area contributed by atoms with Crippen molar-refractivity contribution in [2.45, 2.75) is 26.4 Å². The smallest absolute Gasteiger partial charge is 0.412 e. The summed E-state index contributed by atoms with van der Waals surface area (Å²) < 4.78 is 18.7. The van der Waals surface area contributed by atoms with Crippen LogP contribution < -0.4 is 10.6 Å². The highest BCUT2D eigenvalue weighted by Gasteiger charge is 2.18. The highest BCUT2D eigenvalue weighted by Crippen LogP contribution is 2.29. The maximum absolute atomic E-state index is 13.5. The topological polar surface area (TPSA) is 76.1 Å². The van der Waals surface area contributed by atoms with Gasteiger partial charge in [-0.1, -0.05) is 11.6 Å². The Hall–Kier alpha value is -2.12. The van der Waals surface area contributed by atoms with Crippen molar-refractivity contribution >= 4 is 46.5 Å². The Bertz CT molecular complexity index is 766. The molecule has 0 fully saturated rings. The molecule has 1 aromatic carbocycles. The first-order valence-corrected chi connectivity index (χ1v) is 7.64. The number of nitrogens with one attached hydrogen (secondary N) is 2. The van der Waals surface area contributed by atoms with E-state index in [9.17, 15) is 9.18 Å². The predicted octanol–water partition coefficient (Wildman–Crippen LogP) is 5.01. The average molecular weight is 373 g/mol. The van der Waals surface area contributed by atoms with Crippen molar-refractivity contribution in [3.8, 4) is 0 Å². The summed E-state index contributed by atoms with van der Waals surface area (Å²) in [6.07, 6.45) is 0.604. The number of hydrogen-bond donors (Lipinski definition) is 2. The number of hydrogen-bond acceptors (Lipinski definition) is 5. The van der Waals surface area contributed by atoms with Crippen LogP contribution in [0.3, 0.4) is 0 Å². The molecule has 0 unspecified atom stereocenters. The fourth-order valence-electron chi connectivity index (χ4n) is 1.70. The van der Waals surface area contributed by atoms with Gasteiger partial charge in [0.2, 0.25) is 5.28 Å². The zero-order valence-electron chi connectivity index (χ0n) is 13.2. The van der Waals surface area contributed by atoms with Crippen LogP contribution in [0.2, 0.25) is 10.3 Å². The number of nitrogens with zero attached hydrogens (tertiary/aromatic N) is 2. The SMILES string of the molecule is CC(C)(C)OC(=O)Nc1cc(F)ccc1Nc1nc(Cl)ncc1Cl. The minimum Gasteiger partial charge on any atom is -0.444 e. The molecule has 0 saturated carbocycles. The van der Waals surface area contributed by atoms with E-state index in [0.29, 0.717) is 5.69 Å². The molecular weight excluding hydrogens is 358 g/mol. The van der Waals surface area contributed by atoms with E-state index in [-0.39, 0.29) is 21.8 Å². The number of halogens is 3. The van der Waals surface area contributed by atoms with Crippen LogP contribution in [0.1, 0.15) is 20.8 Å². The molecule has 1 heterocycles. The van der Waals surface area contributed by atoms with E-state index >= 15 is 0 Å². The Morgan fingerprint density at radius 3 is 2.62 bits per heavy atom. The van der Waals surface area contributed by atoms with Crippen LogP contribution in [0, 0.1) is 5.82 Å². The lowest BCUT2D eigenvalue weighted by Crippen LogP contribution is -2.27. The van der Waals surface area contributed by atoms with Crippen LogP contribution in [0.25, 0.3) is 0 Å². The molecule has 2 N–H and O–H groups in total. The van der Waals surface area contributed by atoms with E-state index in [1.807, 2.05) is 0 Å². The van der Waals surface area contributed by atoms with Gasteiger partial charge in [0.25, 0.3) is 0 Å². The molecule has 0 bridgehead atoms. The predicted molar refractivity (Wildman–Crippen MR) is 91.6 cm³/mol. The third-order valence-electron chi connectivity index (χ3n) is 2.59. The van der Waals surface area contributed by atoms with Crippen molar-refractivity contribution in [1.29, 1.82) is 0 Å². The molecule has 0 radical (unpaired) electrons. The number of aromatic nitrogens is 2. The van der Waals surface area contributed by atoms with Crippen molar-refractivity contribution < 1.29 is 13.9 Å². The fourth-order valence-corrected chi connectivity index (χ4v) is 1.97. The molecule has 0 atom stereocenters. The minimum absolute atomic E-state index is 0.00865. The third-order valence-corrected chi connectivity index (χ3v) is 3.04. The maximum Gasteiger partial charge on any atom is 0.412 e. The molecule has 0 aliphatic rings. The van der Waals surface area contributed by atoms with Crippen LogP contribution >= 0.6 is 23.2 Å². The summed E-state index contributed by atoms with van der Waals surface area (Å²) in [5, 5.41) is 5.56. The molecule has 1 amide bonds. The molecule has 0 aliphatic heterocycles. The van der Waals surface area contributed by atoms with E-state index in [4.69, 9.17) is 27.9 Å². The Labute approximate surface area is 148 Å². The Morgan fingerprint density at radius 1 is 1.25 bits per heavy atom. The normalized spacial score (nSPS) is 11.1. The van der Waals surface area contributed by atoms with Gasteiger partial charge >= 0.3 is 6.09 Å². The first-order valence-electron chi connectivity index (χ1n) is 6.89. The molecule has 0 spiro atoms. The van der Waals surface area contributed by atoms with Crippen LogP contribution in [0.4, 0.5) is 26.4 Å². The second-order valence-corrected chi connectivity index (χ2v) is 6.52. The quantitative estimate of drug-likeness (QED) is 0.740. The van der Waals surface area contributed by atoms with Gasteiger partial charge in [0, 0.05) is 0 Å². The first-order chi connectivity index (χ1) is 11.1. The van der Waals surface area contributed by atoms with E-state index in [0.717, 1.165) is 6.07 Å². The number of benzene rings is 1. The minimum atomic E-state index is -0.719. The van der Waals surface area contributed by atoms with Gasteiger partial charge in [-0.2, -0.15) is 4.98 Å². The summed E-state index contributed by atoms with van der Waals surface area (Å²) in [5.41, 5.74) is -0.164. The van der Waals surface area contributed by atoms with Crippen LogP contribution in [-0.4, -0.2) is 21.7 Å². The number of carbonyl (C=O) groups excluding carboxylic acids is 1. The fraction of sp³-hybridized carbons (Fsp3) is 0.267. The summed E-state index contributed by atoms with van der Waals surface area (Å²) >= 11 is 11.7. The standard InChI is InChI=1S/C15H15Cl2FN4O2/c1-15(2,3)24-14(23)21-11-6-8(18)4-5-10(11)20-12-9(16)7-19-13(17)22-12/h4-7H,1-3H3,(H,21,23)(H,19,20,22). The van der Waals surface area contributed by atoms with Gasteiger partial charge in [-0.25, -0.2) is 14.2 Å². The molecule has 24 heavy (non-hydrogen) atoms. The van der Waals surface area contributed by atoms with Gasteiger partial charge in [0.1, 0.15) is 16.4 Å². The van der Waals surface area contributed by atoms with Gasteiger partial charge < -0.3 is 10.1 Å². The Morgan fingerprint density at radius 2 is 1.96 bits per heavy atom. The molecule has 0 aliphatic carbocycles. The van der Waals surface area contributed by atoms with Gasteiger partial charge in [-0.15, -0.1) is 0 Å². The zero-order valence-corrected chi connectivity index (χ0v) is 14.7. The van der Waals surface area contributed by atoms with E-state index in [1.165, 1.54) is 18.3 Å². The monoisotopic (exact) mass is 372 g/mol.